The Labute approximate surface area is 183 Å². The van der Waals surface area contributed by atoms with Crippen molar-refractivity contribution in [3.8, 4) is 5.69 Å². The summed E-state index contributed by atoms with van der Waals surface area (Å²) in [6, 6.07) is 7.35. The highest BCUT2D eigenvalue weighted by Gasteiger charge is 2.29. The fourth-order valence-electron chi connectivity index (χ4n) is 4.27. The summed E-state index contributed by atoms with van der Waals surface area (Å²) < 4.78 is 8.98. The van der Waals surface area contributed by atoms with Gasteiger partial charge >= 0.3 is 6.09 Å². The maximum Gasteiger partial charge on any atom is 0.410 e. The third kappa shape index (κ3) is 3.61. The standard InChI is InChI=1S/C22H25N7O3/c1-22(2,3)32-21(31)27-9-7-14(8-10-27)17-11-18(30)25-20-19-15(26-29(17)20)5-4-6-16(19)28-13-23-12-24-28/h4-6,11-14H,7-10H2,1-3H3,(H,25,30). The maximum absolute atomic E-state index is 12.6. The van der Waals surface area contributed by atoms with E-state index in [1.807, 2.05) is 43.5 Å². The fraction of sp³-hybridized carbons (Fsp3) is 0.409. The maximum atomic E-state index is 12.6. The Morgan fingerprint density at radius 1 is 1.22 bits per heavy atom. The largest absolute Gasteiger partial charge is 0.444 e. The number of benzene rings is 1. The van der Waals surface area contributed by atoms with E-state index in [2.05, 4.69) is 15.1 Å². The SMILES string of the molecule is CC(C)(C)OC(=O)N1CCC(c2cc(=O)[nH]c3c4c(-n5cncn5)cccc4nn23)CC1. The zero-order valence-electron chi connectivity index (χ0n) is 18.3. The lowest BCUT2D eigenvalue weighted by atomic mass is 9.93. The Morgan fingerprint density at radius 2 is 2.00 bits per heavy atom. The van der Waals surface area contributed by atoms with Gasteiger partial charge in [-0.05, 0) is 45.7 Å². The molecule has 0 radical (unpaired) electrons. The van der Waals surface area contributed by atoms with Crippen LogP contribution in [0, 0.1) is 0 Å². The molecule has 0 aliphatic carbocycles. The topological polar surface area (TPSA) is 110 Å². The lowest BCUT2D eigenvalue weighted by Gasteiger charge is -2.33. The highest BCUT2D eigenvalue weighted by Crippen LogP contribution is 2.31. The second kappa shape index (κ2) is 7.47. The van der Waals surface area contributed by atoms with E-state index < -0.39 is 5.60 Å². The molecule has 1 amide bonds. The number of amides is 1. The smallest absolute Gasteiger partial charge is 0.410 e. The summed E-state index contributed by atoms with van der Waals surface area (Å²) in [5.74, 6) is 0.0996. The van der Waals surface area contributed by atoms with Crippen LogP contribution in [-0.4, -0.2) is 59.0 Å². The van der Waals surface area contributed by atoms with Crippen LogP contribution in [0.1, 0.15) is 45.2 Å². The molecule has 10 nitrogen and oxygen atoms in total. The van der Waals surface area contributed by atoms with Gasteiger partial charge in [0.1, 0.15) is 23.9 Å². The number of fused-ring (bicyclic) bond motifs is 3. The molecule has 5 rings (SSSR count). The van der Waals surface area contributed by atoms with E-state index in [-0.39, 0.29) is 17.6 Å². The summed E-state index contributed by atoms with van der Waals surface area (Å²) in [6.07, 6.45) is 4.24. The number of nitrogens with zero attached hydrogens (tertiary/aromatic N) is 6. The van der Waals surface area contributed by atoms with Gasteiger partial charge in [-0.25, -0.2) is 19.0 Å². The van der Waals surface area contributed by atoms with Crippen LogP contribution in [0.3, 0.4) is 0 Å². The molecule has 3 aromatic heterocycles. The molecule has 4 heterocycles. The number of ether oxygens (including phenoxy) is 1. The van der Waals surface area contributed by atoms with E-state index in [9.17, 15) is 9.59 Å². The third-order valence-corrected chi connectivity index (χ3v) is 5.67. The zero-order valence-corrected chi connectivity index (χ0v) is 18.3. The summed E-state index contributed by atoms with van der Waals surface area (Å²) in [5.41, 5.74) is 2.31. The van der Waals surface area contributed by atoms with E-state index in [0.29, 0.717) is 18.7 Å². The van der Waals surface area contributed by atoms with Crippen molar-refractivity contribution >= 4 is 22.6 Å². The van der Waals surface area contributed by atoms with Crippen molar-refractivity contribution in [1.82, 2.24) is 34.3 Å². The number of likely N-dealkylation sites (tertiary alicyclic amines) is 1. The van der Waals surface area contributed by atoms with E-state index in [1.54, 1.807) is 22.0 Å². The second-order valence-electron chi connectivity index (χ2n) is 9.07. The number of aromatic amines is 1. The molecule has 0 atom stereocenters. The first-order valence-corrected chi connectivity index (χ1v) is 10.7. The number of H-pyrrole nitrogens is 1. The van der Waals surface area contributed by atoms with Gasteiger partial charge in [0.05, 0.1) is 22.3 Å². The summed E-state index contributed by atoms with van der Waals surface area (Å²) in [7, 11) is 0. The van der Waals surface area contributed by atoms with E-state index in [1.165, 1.54) is 6.33 Å². The molecule has 1 N–H and O–H groups in total. The van der Waals surface area contributed by atoms with Gasteiger partial charge < -0.3 is 14.6 Å². The van der Waals surface area contributed by atoms with Crippen LogP contribution in [0.25, 0.3) is 22.2 Å². The average molecular weight is 435 g/mol. The Balaban J connectivity index is 1.51. The lowest BCUT2D eigenvalue weighted by molar-refractivity contribution is 0.0203. The van der Waals surface area contributed by atoms with E-state index >= 15 is 0 Å². The Bertz CT molecular complexity index is 1340. The normalized spacial score (nSPS) is 15.5. The van der Waals surface area contributed by atoms with Gasteiger partial charge in [0.15, 0.2) is 0 Å². The third-order valence-electron chi connectivity index (χ3n) is 5.67. The molecular weight excluding hydrogens is 410 g/mol. The Morgan fingerprint density at radius 3 is 2.69 bits per heavy atom. The summed E-state index contributed by atoms with van der Waals surface area (Å²) in [4.78, 5) is 33.7. The van der Waals surface area contributed by atoms with Crippen molar-refractivity contribution < 1.29 is 9.53 Å². The van der Waals surface area contributed by atoms with Gasteiger partial charge in [-0.3, -0.25) is 4.79 Å². The van der Waals surface area contributed by atoms with Crippen LogP contribution in [-0.2, 0) is 4.74 Å². The number of piperidine rings is 1. The molecule has 0 saturated carbocycles. The minimum Gasteiger partial charge on any atom is -0.444 e. The van der Waals surface area contributed by atoms with Gasteiger partial charge in [-0.2, -0.15) is 10.2 Å². The molecule has 4 aromatic rings. The second-order valence-corrected chi connectivity index (χ2v) is 9.07. The minimum absolute atomic E-state index is 0.0996. The van der Waals surface area contributed by atoms with E-state index in [4.69, 9.17) is 9.84 Å². The highest BCUT2D eigenvalue weighted by molar-refractivity contribution is 5.98. The number of carbonyl (C=O) groups is 1. The number of nitrogens with one attached hydrogen (secondary N) is 1. The molecule has 1 fully saturated rings. The molecule has 0 spiro atoms. The highest BCUT2D eigenvalue weighted by atomic mass is 16.6. The number of hydrogen-bond acceptors (Lipinski definition) is 6. The summed E-state index contributed by atoms with van der Waals surface area (Å²) in [5, 5.41) is 9.83. The number of hydrogen-bond donors (Lipinski definition) is 1. The number of rotatable bonds is 2. The van der Waals surface area contributed by atoms with Crippen molar-refractivity contribution in [3.63, 3.8) is 0 Å². The van der Waals surface area contributed by atoms with Crippen LogP contribution in [0.15, 0.2) is 41.7 Å². The van der Waals surface area contributed by atoms with Crippen LogP contribution in [0.2, 0.25) is 0 Å². The number of aromatic nitrogens is 6. The molecule has 1 aromatic carbocycles. The average Bonchev–Trinajstić information content (AvgIpc) is 3.40. The first-order chi connectivity index (χ1) is 15.3. The molecule has 1 aliphatic rings. The predicted octanol–water partition coefficient (Wildman–Crippen LogP) is 2.87. The first-order valence-electron chi connectivity index (χ1n) is 10.7. The van der Waals surface area contributed by atoms with Crippen molar-refractivity contribution in [2.24, 2.45) is 0 Å². The molecule has 1 saturated heterocycles. The van der Waals surface area contributed by atoms with E-state index in [0.717, 1.165) is 35.1 Å². The van der Waals surface area contributed by atoms with Gasteiger partial charge in [0.2, 0.25) is 0 Å². The predicted molar refractivity (Wildman–Crippen MR) is 118 cm³/mol. The van der Waals surface area contributed by atoms with Gasteiger partial charge in [-0.15, -0.1) is 0 Å². The van der Waals surface area contributed by atoms with Gasteiger partial charge in [-0.1, -0.05) is 6.07 Å². The molecule has 32 heavy (non-hydrogen) atoms. The van der Waals surface area contributed by atoms with Crippen LogP contribution >= 0.6 is 0 Å². The van der Waals surface area contributed by atoms with Crippen molar-refractivity contribution in [1.29, 1.82) is 0 Å². The molecule has 166 valence electrons. The van der Waals surface area contributed by atoms with Gasteiger partial charge in [0.25, 0.3) is 5.56 Å². The van der Waals surface area contributed by atoms with Gasteiger partial charge in [0, 0.05) is 25.1 Å². The van der Waals surface area contributed by atoms with Crippen molar-refractivity contribution in [3.05, 3.63) is 53.0 Å². The molecular formula is C22H25N7O3. The number of carbonyl (C=O) groups excluding carboxylic acids is 1. The minimum atomic E-state index is -0.524. The summed E-state index contributed by atoms with van der Waals surface area (Å²) in [6.45, 7) is 6.72. The molecule has 0 unspecified atom stereocenters. The molecule has 1 aliphatic heterocycles. The Kier molecular flexibility index (Phi) is 4.72. The molecule has 10 heteroatoms. The zero-order chi connectivity index (χ0) is 22.5. The summed E-state index contributed by atoms with van der Waals surface area (Å²) >= 11 is 0. The molecule has 0 bridgehead atoms. The fourth-order valence-corrected chi connectivity index (χ4v) is 4.27. The van der Waals surface area contributed by atoms with Crippen LogP contribution in [0.5, 0.6) is 0 Å². The van der Waals surface area contributed by atoms with Crippen LogP contribution in [0.4, 0.5) is 4.79 Å². The quantitative estimate of drug-likeness (QED) is 0.518. The Hall–Kier alpha value is -3.69. The lowest BCUT2D eigenvalue weighted by Crippen LogP contribution is -2.41. The van der Waals surface area contributed by atoms with Crippen molar-refractivity contribution in [2.45, 2.75) is 45.1 Å². The van der Waals surface area contributed by atoms with Crippen LogP contribution < -0.4 is 5.56 Å². The first kappa shape index (κ1) is 20.2. The monoisotopic (exact) mass is 435 g/mol. The van der Waals surface area contributed by atoms with Crippen molar-refractivity contribution in [2.75, 3.05) is 13.1 Å².